The van der Waals surface area contributed by atoms with Crippen molar-refractivity contribution in [2.75, 3.05) is 0 Å². The highest BCUT2D eigenvalue weighted by atomic mass is 14.4. The van der Waals surface area contributed by atoms with Gasteiger partial charge in [-0.3, -0.25) is 0 Å². The third-order valence-corrected chi connectivity index (χ3v) is 6.55. The molecular weight excluding hydrogens is 216 g/mol. The summed E-state index contributed by atoms with van der Waals surface area (Å²) in [6.45, 7) is 9.86. The Balaban J connectivity index is 1.85. The minimum Gasteiger partial charge on any atom is -0.0654 e. The zero-order valence-electron chi connectivity index (χ0n) is 13.1. The molecule has 0 amide bonds. The average molecular weight is 250 g/mol. The molecule has 0 radical (unpaired) electrons. The van der Waals surface area contributed by atoms with Crippen LogP contribution in [0.2, 0.25) is 0 Å². The first-order valence-electron chi connectivity index (χ1n) is 8.63. The topological polar surface area (TPSA) is 0 Å². The zero-order valence-corrected chi connectivity index (χ0v) is 13.1. The summed E-state index contributed by atoms with van der Waals surface area (Å²) in [7, 11) is 0. The second-order valence-electron chi connectivity index (χ2n) is 7.51. The number of hydrogen-bond donors (Lipinski definition) is 0. The predicted octanol–water partition coefficient (Wildman–Crippen LogP) is 5.91. The summed E-state index contributed by atoms with van der Waals surface area (Å²) in [5, 5.41) is 0. The zero-order chi connectivity index (χ0) is 13.1. The molecule has 0 saturated heterocycles. The molecular formula is C18H34. The van der Waals surface area contributed by atoms with E-state index in [1.807, 2.05) is 0 Å². The molecule has 0 aromatic heterocycles. The monoisotopic (exact) mass is 250 g/mol. The molecule has 0 heteroatoms. The molecule has 0 heterocycles. The standard InChI is InChI=1S/C18H34/c1-5-6-16-8-10-17(11-9-16)18-12-7-13(2)14(3)15(18)4/h13-18H,5-12H2,1-4H3. The highest BCUT2D eigenvalue weighted by molar-refractivity contribution is 4.87. The van der Waals surface area contributed by atoms with Crippen LogP contribution in [-0.4, -0.2) is 0 Å². The number of hydrogen-bond acceptors (Lipinski definition) is 0. The Kier molecular flexibility index (Phi) is 5.15. The normalized spacial score (nSPS) is 46.0. The van der Waals surface area contributed by atoms with Crippen LogP contribution >= 0.6 is 0 Å². The van der Waals surface area contributed by atoms with Gasteiger partial charge in [0.2, 0.25) is 0 Å². The second-order valence-corrected chi connectivity index (χ2v) is 7.51. The Hall–Kier alpha value is 0. The molecule has 2 saturated carbocycles. The summed E-state index contributed by atoms with van der Waals surface area (Å²) in [5.74, 6) is 6.09. The van der Waals surface area contributed by atoms with Crippen LogP contribution in [-0.2, 0) is 0 Å². The Morgan fingerprint density at radius 2 is 1.44 bits per heavy atom. The Morgan fingerprint density at radius 3 is 2.06 bits per heavy atom. The maximum Gasteiger partial charge on any atom is -0.0357 e. The number of rotatable bonds is 3. The second kappa shape index (κ2) is 6.44. The lowest BCUT2D eigenvalue weighted by Crippen LogP contribution is -2.35. The van der Waals surface area contributed by atoms with Crippen molar-refractivity contribution < 1.29 is 0 Å². The summed E-state index contributed by atoms with van der Waals surface area (Å²) in [6, 6.07) is 0. The van der Waals surface area contributed by atoms with Crippen molar-refractivity contribution in [3.05, 3.63) is 0 Å². The maximum atomic E-state index is 2.54. The van der Waals surface area contributed by atoms with Gasteiger partial charge in [-0.05, 0) is 54.8 Å². The lowest BCUT2D eigenvalue weighted by Gasteiger charge is -2.44. The smallest absolute Gasteiger partial charge is 0.0357 e. The van der Waals surface area contributed by atoms with Gasteiger partial charge >= 0.3 is 0 Å². The van der Waals surface area contributed by atoms with Gasteiger partial charge in [-0.1, -0.05) is 59.8 Å². The lowest BCUT2D eigenvalue weighted by atomic mass is 9.61. The SMILES string of the molecule is CCCC1CCC(C2CCC(C)C(C)C2C)CC1. The van der Waals surface area contributed by atoms with Crippen molar-refractivity contribution in [2.45, 2.75) is 79.1 Å². The molecule has 0 N–H and O–H groups in total. The minimum atomic E-state index is 0.956. The predicted molar refractivity (Wildman–Crippen MR) is 80.6 cm³/mol. The Labute approximate surface area is 115 Å². The van der Waals surface area contributed by atoms with Gasteiger partial charge in [0, 0.05) is 0 Å². The molecule has 0 spiro atoms. The van der Waals surface area contributed by atoms with Gasteiger partial charge in [0.25, 0.3) is 0 Å². The van der Waals surface area contributed by atoms with Crippen LogP contribution in [0, 0.1) is 35.5 Å². The van der Waals surface area contributed by atoms with Crippen molar-refractivity contribution in [3.8, 4) is 0 Å². The maximum absolute atomic E-state index is 2.54. The van der Waals surface area contributed by atoms with Gasteiger partial charge in [-0.15, -0.1) is 0 Å². The first-order chi connectivity index (χ1) is 8.63. The first kappa shape index (κ1) is 14.4. The molecule has 18 heavy (non-hydrogen) atoms. The van der Waals surface area contributed by atoms with Gasteiger partial charge in [-0.25, -0.2) is 0 Å². The fraction of sp³-hybridized carbons (Fsp3) is 1.00. The molecule has 0 bridgehead atoms. The van der Waals surface area contributed by atoms with Crippen LogP contribution in [0.15, 0.2) is 0 Å². The molecule has 0 aromatic rings. The molecule has 0 nitrogen and oxygen atoms in total. The largest absolute Gasteiger partial charge is 0.0654 e. The van der Waals surface area contributed by atoms with Gasteiger partial charge in [-0.2, -0.15) is 0 Å². The third-order valence-electron chi connectivity index (χ3n) is 6.55. The fourth-order valence-electron chi connectivity index (χ4n) is 4.87. The quantitative estimate of drug-likeness (QED) is 0.584. The van der Waals surface area contributed by atoms with Crippen molar-refractivity contribution in [3.63, 3.8) is 0 Å². The van der Waals surface area contributed by atoms with E-state index in [-0.39, 0.29) is 0 Å². The van der Waals surface area contributed by atoms with Gasteiger partial charge in [0.15, 0.2) is 0 Å². The van der Waals surface area contributed by atoms with Crippen LogP contribution < -0.4 is 0 Å². The Morgan fingerprint density at radius 1 is 0.778 bits per heavy atom. The van der Waals surface area contributed by atoms with Crippen LogP contribution in [0.25, 0.3) is 0 Å². The third kappa shape index (κ3) is 3.11. The van der Waals surface area contributed by atoms with E-state index in [1.165, 1.54) is 38.5 Å². The molecule has 2 rings (SSSR count). The summed E-state index contributed by atoms with van der Waals surface area (Å²) >= 11 is 0. The molecule has 106 valence electrons. The highest BCUT2D eigenvalue weighted by Crippen LogP contribution is 2.46. The van der Waals surface area contributed by atoms with E-state index in [2.05, 4.69) is 27.7 Å². The van der Waals surface area contributed by atoms with Crippen molar-refractivity contribution >= 4 is 0 Å². The summed E-state index contributed by atoms with van der Waals surface area (Å²) in [4.78, 5) is 0. The molecule has 2 aliphatic rings. The molecule has 4 atom stereocenters. The van der Waals surface area contributed by atoms with E-state index in [0.29, 0.717) is 0 Å². The van der Waals surface area contributed by atoms with E-state index in [1.54, 1.807) is 12.8 Å². The van der Waals surface area contributed by atoms with Crippen molar-refractivity contribution in [1.29, 1.82) is 0 Å². The van der Waals surface area contributed by atoms with Crippen LogP contribution in [0.1, 0.15) is 79.1 Å². The van der Waals surface area contributed by atoms with E-state index in [4.69, 9.17) is 0 Å². The summed E-state index contributed by atoms with van der Waals surface area (Å²) in [6.07, 6.45) is 12.0. The highest BCUT2D eigenvalue weighted by Gasteiger charge is 2.37. The van der Waals surface area contributed by atoms with Crippen molar-refractivity contribution in [1.82, 2.24) is 0 Å². The molecule has 2 aliphatic carbocycles. The minimum absolute atomic E-state index is 0.956. The van der Waals surface area contributed by atoms with Gasteiger partial charge in [0.05, 0.1) is 0 Å². The van der Waals surface area contributed by atoms with Crippen LogP contribution in [0.3, 0.4) is 0 Å². The molecule has 0 aliphatic heterocycles. The molecule has 4 unspecified atom stereocenters. The van der Waals surface area contributed by atoms with E-state index < -0.39 is 0 Å². The molecule has 2 fully saturated rings. The van der Waals surface area contributed by atoms with E-state index in [0.717, 1.165) is 35.5 Å². The Bertz CT molecular complexity index is 236. The van der Waals surface area contributed by atoms with Crippen LogP contribution in [0.4, 0.5) is 0 Å². The van der Waals surface area contributed by atoms with E-state index in [9.17, 15) is 0 Å². The molecule has 0 aromatic carbocycles. The van der Waals surface area contributed by atoms with E-state index >= 15 is 0 Å². The summed E-state index contributed by atoms with van der Waals surface area (Å²) in [5.41, 5.74) is 0. The van der Waals surface area contributed by atoms with Gasteiger partial charge in [0.1, 0.15) is 0 Å². The summed E-state index contributed by atoms with van der Waals surface area (Å²) < 4.78 is 0. The average Bonchev–Trinajstić information content (AvgIpc) is 2.38. The van der Waals surface area contributed by atoms with Crippen LogP contribution in [0.5, 0.6) is 0 Å². The lowest BCUT2D eigenvalue weighted by molar-refractivity contribution is 0.0572. The first-order valence-corrected chi connectivity index (χ1v) is 8.63. The fourth-order valence-corrected chi connectivity index (χ4v) is 4.87. The van der Waals surface area contributed by atoms with Gasteiger partial charge < -0.3 is 0 Å². The van der Waals surface area contributed by atoms with Crippen molar-refractivity contribution in [2.24, 2.45) is 35.5 Å².